The molecule has 3 heterocycles. The quantitative estimate of drug-likeness (QED) is 0.0406. The van der Waals surface area contributed by atoms with Gasteiger partial charge in [-0.05, 0) is 105 Å². The van der Waals surface area contributed by atoms with Crippen LogP contribution in [0.15, 0.2) is 66.7 Å². The second-order valence-corrected chi connectivity index (χ2v) is 23.6. The molecule has 0 radical (unpaired) electrons. The van der Waals surface area contributed by atoms with Crippen molar-refractivity contribution in [3.63, 3.8) is 0 Å². The molecule has 2 aromatic carbocycles. The summed E-state index contributed by atoms with van der Waals surface area (Å²) in [5.41, 5.74) is 2.16. The summed E-state index contributed by atoms with van der Waals surface area (Å²) in [6, 6.07) is 13.8. The number of aliphatic hydroxyl groups excluding tert-OH is 1. The van der Waals surface area contributed by atoms with Gasteiger partial charge in [-0.2, -0.15) is 0 Å². The first kappa shape index (κ1) is 65.1. The van der Waals surface area contributed by atoms with E-state index < -0.39 is 54.1 Å². The van der Waals surface area contributed by atoms with Gasteiger partial charge in [-0.15, -0.1) is 0 Å². The standard InChI is InChI=1S/C63H94N8O11/c1-9-42(4)57(68(6)63(80)56(41(2)3)67-62(79)58-46-27-30-48(38-46)69(58)33-17-10-11-19-36-72)51(81-7)39-55(76)70-35-20-23-50(70)59(82-8)43(5)60(77)66-49(37-44-21-14-12-15-22-44)61(78)65-47-28-25-45(26-29-47)40-64-52(73)24-16-13-18-34-71-53(74)31-32-54(71)75/h12,14-15,21-22,25-26,28-29,31-32,41-43,46,48-51,56-59,72H,9-11,13,16-20,23-24,27,30,33-40H2,1-8H3,(H,64,73)(H,65,78)(H,66,77)(H,67,79)/t42-,43+,46-,48-,49-,50-,51+,56-,57-,58-,59+/m0/s1. The van der Waals surface area contributed by atoms with Crippen molar-refractivity contribution < 1.29 is 52.9 Å². The lowest BCUT2D eigenvalue weighted by Gasteiger charge is -2.41. The fraction of sp³-hybridized carbons (Fsp3) is 0.651. The Morgan fingerprint density at radius 1 is 0.780 bits per heavy atom. The SMILES string of the molecule is CC[C@H](C)[C@@H]([C@@H](CC(=O)N1CCC[C@H]1[C@H](OC)[C@@H](C)C(=O)N[C@@H](Cc1ccccc1)C(=O)Nc1ccc(CNC(=O)CCCCCN2C(=O)C=CC2=O)cc1)OC)N(C)C(=O)[C@@H](NC(=O)[C@@H]1[C@H]2CC[C@@H](C2)N1CCCCCCO)C(C)C. The van der Waals surface area contributed by atoms with Gasteiger partial charge in [0.2, 0.25) is 35.4 Å². The van der Waals surface area contributed by atoms with E-state index in [2.05, 4.69) is 26.2 Å². The molecule has 0 unspecified atom stereocenters. The maximum absolute atomic E-state index is 14.8. The van der Waals surface area contributed by atoms with Gasteiger partial charge in [0, 0.05) is 84.2 Å². The molecule has 4 aliphatic rings. The Hall–Kier alpha value is -6.02. The number of imide groups is 1. The van der Waals surface area contributed by atoms with E-state index in [0.29, 0.717) is 69.8 Å². The van der Waals surface area contributed by atoms with E-state index in [4.69, 9.17) is 9.47 Å². The molecule has 0 aromatic heterocycles. The second kappa shape index (κ2) is 32.1. The molecule has 5 N–H and O–H groups in total. The average Bonchev–Trinajstić information content (AvgIpc) is 4.44. The first-order valence-corrected chi connectivity index (χ1v) is 30.2. The summed E-state index contributed by atoms with van der Waals surface area (Å²) in [7, 11) is 4.84. The zero-order chi connectivity index (χ0) is 59.5. The summed E-state index contributed by atoms with van der Waals surface area (Å²) in [6.45, 7) is 11.8. The molecule has 3 aliphatic heterocycles. The van der Waals surface area contributed by atoms with Crippen LogP contribution in [0, 0.1) is 23.7 Å². The largest absolute Gasteiger partial charge is 0.396 e. The summed E-state index contributed by atoms with van der Waals surface area (Å²) in [5, 5.41) is 21.3. The number of aliphatic hydroxyl groups is 1. The number of carbonyl (C=O) groups excluding carboxylic acids is 8. The number of unbranched alkanes of at least 4 members (excludes halogenated alkanes) is 5. The van der Waals surface area contributed by atoms with Gasteiger partial charge in [-0.1, -0.05) is 103 Å². The van der Waals surface area contributed by atoms with E-state index in [1.165, 1.54) is 24.2 Å². The highest BCUT2D eigenvalue weighted by Gasteiger charge is 2.50. The predicted molar refractivity (Wildman–Crippen MR) is 313 cm³/mol. The topological polar surface area (TPSA) is 236 Å². The third-order valence-corrected chi connectivity index (χ3v) is 17.6. The Labute approximate surface area is 486 Å². The molecule has 2 aromatic rings. The second-order valence-electron chi connectivity index (χ2n) is 23.6. The van der Waals surface area contributed by atoms with Crippen LogP contribution < -0.4 is 21.3 Å². The highest BCUT2D eigenvalue weighted by Crippen LogP contribution is 2.43. The summed E-state index contributed by atoms with van der Waals surface area (Å²) >= 11 is 0. The molecular formula is C63H94N8O11. The van der Waals surface area contributed by atoms with Gasteiger partial charge in [-0.25, -0.2) is 0 Å². The molecule has 19 heteroatoms. The molecular weight excluding hydrogens is 1040 g/mol. The lowest BCUT2D eigenvalue weighted by atomic mass is 9.89. The summed E-state index contributed by atoms with van der Waals surface area (Å²) in [6.07, 6.45) is 12.2. The maximum atomic E-state index is 14.8. The van der Waals surface area contributed by atoms with Crippen LogP contribution in [0.4, 0.5) is 5.69 Å². The number of anilines is 1. The molecule has 1 saturated carbocycles. The van der Waals surface area contributed by atoms with Crippen molar-refractivity contribution in [1.29, 1.82) is 0 Å². The number of likely N-dealkylation sites (N-methyl/N-ethyl adjacent to an activating group) is 1. The first-order chi connectivity index (χ1) is 39.4. The van der Waals surface area contributed by atoms with Crippen molar-refractivity contribution in [2.75, 3.05) is 52.8 Å². The van der Waals surface area contributed by atoms with Crippen LogP contribution in [0.1, 0.15) is 142 Å². The van der Waals surface area contributed by atoms with Crippen LogP contribution in [0.25, 0.3) is 0 Å². The molecule has 8 amide bonds. The smallest absolute Gasteiger partial charge is 0.253 e. The number of rotatable bonds is 34. The van der Waals surface area contributed by atoms with Crippen LogP contribution in [-0.2, 0) is 60.8 Å². The van der Waals surface area contributed by atoms with Crippen molar-refractivity contribution >= 4 is 52.9 Å². The van der Waals surface area contributed by atoms with E-state index in [1.807, 2.05) is 58.0 Å². The third-order valence-electron chi connectivity index (χ3n) is 17.6. The number of amides is 8. The fourth-order valence-corrected chi connectivity index (χ4v) is 12.8. The van der Waals surface area contributed by atoms with Crippen molar-refractivity contribution in [3.05, 3.63) is 77.9 Å². The molecule has 1 aliphatic carbocycles. The highest BCUT2D eigenvalue weighted by molar-refractivity contribution is 6.12. The molecule has 6 rings (SSSR count). The number of hydrogen-bond donors (Lipinski definition) is 5. The molecule has 0 spiro atoms. The Kier molecular flexibility index (Phi) is 25.5. The van der Waals surface area contributed by atoms with E-state index in [9.17, 15) is 43.5 Å². The minimum Gasteiger partial charge on any atom is -0.396 e. The molecule has 19 nitrogen and oxygen atoms in total. The number of piperidine rings is 1. The molecule has 82 heavy (non-hydrogen) atoms. The summed E-state index contributed by atoms with van der Waals surface area (Å²) < 4.78 is 12.3. The number of hydrogen-bond acceptors (Lipinski definition) is 12. The number of nitrogens with one attached hydrogen (secondary N) is 4. The number of fused-ring (bicyclic) bond motifs is 2. The molecule has 452 valence electrons. The first-order valence-electron chi connectivity index (χ1n) is 30.2. The molecule has 11 atom stereocenters. The van der Waals surface area contributed by atoms with Crippen LogP contribution in [-0.4, -0.2) is 168 Å². The van der Waals surface area contributed by atoms with Gasteiger partial charge in [0.1, 0.15) is 12.1 Å². The minimum absolute atomic E-state index is 0.0304. The number of carbonyl (C=O) groups is 8. The minimum atomic E-state index is -0.975. The normalized spacial score (nSPS) is 21.2. The van der Waals surface area contributed by atoms with E-state index in [-0.39, 0.29) is 85.2 Å². The van der Waals surface area contributed by atoms with E-state index >= 15 is 0 Å². The van der Waals surface area contributed by atoms with E-state index in [0.717, 1.165) is 62.6 Å². The zero-order valence-electron chi connectivity index (χ0n) is 49.9. The fourth-order valence-electron chi connectivity index (χ4n) is 12.8. The van der Waals surface area contributed by atoms with Crippen molar-refractivity contribution in [3.8, 4) is 0 Å². The van der Waals surface area contributed by atoms with Crippen molar-refractivity contribution in [2.24, 2.45) is 23.7 Å². The van der Waals surface area contributed by atoms with Crippen LogP contribution in [0.3, 0.4) is 0 Å². The van der Waals surface area contributed by atoms with E-state index in [1.54, 1.807) is 55.1 Å². The van der Waals surface area contributed by atoms with Gasteiger partial charge in [0.25, 0.3) is 11.8 Å². The van der Waals surface area contributed by atoms with Crippen LogP contribution >= 0.6 is 0 Å². The van der Waals surface area contributed by atoms with Crippen LogP contribution in [0.2, 0.25) is 0 Å². The number of benzene rings is 2. The highest BCUT2D eigenvalue weighted by atomic mass is 16.5. The Balaban J connectivity index is 1.05. The van der Waals surface area contributed by atoms with Gasteiger partial charge in [0.05, 0.1) is 42.7 Å². The van der Waals surface area contributed by atoms with Crippen LogP contribution in [0.5, 0.6) is 0 Å². The number of ether oxygens (including phenoxy) is 2. The van der Waals surface area contributed by atoms with Gasteiger partial charge < -0.3 is 45.6 Å². The summed E-state index contributed by atoms with van der Waals surface area (Å²) in [4.78, 5) is 115. The average molecular weight is 1140 g/mol. The molecule has 2 saturated heterocycles. The number of methoxy groups -OCH3 is 2. The van der Waals surface area contributed by atoms with Gasteiger partial charge in [0.15, 0.2) is 0 Å². The third kappa shape index (κ3) is 17.5. The lowest BCUT2D eigenvalue weighted by Crippen LogP contribution is -2.60. The Bertz CT molecular complexity index is 2460. The Morgan fingerprint density at radius 2 is 1.46 bits per heavy atom. The molecule has 3 fully saturated rings. The number of nitrogens with zero attached hydrogens (tertiary/aromatic N) is 4. The zero-order valence-corrected chi connectivity index (χ0v) is 49.9. The Morgan fingerprint density at radius 3 is 2.12 bits per heavy atom. The van der Waals surface area contributed by atoms with Crippen molar-refractivity contribution in [1.82, 2.24) is 35.6 Å². The van der Waals surface area contributed by atoms with Gasteiger partial charge >= 0.3 is 0 Å². The summed E-state index contributed by atoms with van der Waals surface area (Å²) in [5.74, 6) is -2.92. The van der Waals surface area contributed by atoms with Gasteiger partial charge in [-0.3, -0.25) is 48.2 Å². The monoisotopic (exact) mass is 1140 g/mol. The number of likely N-dealkylation sites (tertiary alicyclic amines) is 2. The predicted octanol–water partition coefficient (Wildman–Crippen LogP) is 5.92. The molecule has 2 bridgehead atoms. The maximum Gasteiger partial charge on any atom is 0.253 e. The lowest BCUT2D eigenvalue weighted by molar-refractivity contribution is -0.148. The van der Waals surface area contributed by atoms with Crippen molar-refractivity contribution in [2.45, 2.75) is 192 Å².